The number of amides is 2. The number of carbonyl (C=O) groups excluding carboxylic acids is 1. The molecule has 2 N–H and O–H groups in total. The number of likely N-dealkylation sites (N-methyl/N-ethyl adjacent to an activating group) is 1. The molecule has 1 heterocycles. The minimum Gasteiger partial charge on any atom is -0.338 e. The molecule has 3 rings (SSSR count). The summed E-state index contributed by atoms with van der Waals surface area (Å²) in [5.41, 5.74) is 2.24. The average molecular weight is 330 g/mol. The van der Waals surface area contributed by atoms with Gasteiger partial charge in [-0.2, -0.15) is 0 Å². The Morgan fingerprint density at radius 1 is 1.21 bits per heavy atom. The number of hydrogen-bond acceptors (Lipinski definition) is 3. The van der Waals surface area contributed by atoms with Crippen molar-refractivity contribution in [3.63, 3.8) is 0 Å². The number of benzene rings is 1. The van der Waals surface area contributed by atoms with E-state index in [1.165, 1.54) is 18.4 Å². The Balaban J connectivity index is 1.40. The van der Waals surface area contributed by atoms with Crippen molar-refractivity contribution in [2.45, 2.75) is 38.1 Å². The van der Waals surface area contributed by atoms with Gasteiger partial charge in [-0.25, -0.2) is 4.79 Å². The predicted octanol–water partition coefficient (Wildman–Crippen LogP) is 2.71. The van der Waals surface area contributed by atoms with E-state index in [0.717, 1.165) is 38.3 Å². The van der Waals surface area contributed by atoms with Crippen molar-refractivity contribution in [2.24, 2.45) is 0 Å². The molecule has 5 nitrogen and oxygen atoms in total. The topological polar surface area (TPSA) is 47.6 Å². The zero-order chi connectivity index (χ0) is 16.9. The Labute approximate surface area is 145 Å². The number of para-hydroxylation sites is 1. The van der Waals surface area contributed by atoms with Gasteiger partial charge >= 0.3 is 6.03 Å². The van der Waals surface area contributed by atoms with Crippen LogP contribution < -0.4 is 10.6 Å². The first kappa shape index (κ1) is 17.2. The summed E-state index contributed by atoms with van der Waals surface area (Å²) < 4.78 is 0. The zero-order valence-corrected chi connectivity index (χ0v) is 14.9. The van der Waals surface area contributed by atoms with Crippen LogP contribution in [0.25, 0.3) is 0 Å². The lowest BCUT2D eigenvalue weighted by molar-refractivity contribution is 0.115. The number of hydrogen-bond donors (Lipinski definition) is 2. The molecule has 0 aromatic heterocycles. The molecule has 5 heteroatoms. The summed E-state index contributed by atoms with van der Waals surface area (Å²) in [7, 11) is 2.17. The van der Waals surface area contributed by atoms with E-state index < -0.39 is 0 Å². The molecule has 1 atom stereocenters. The van der Waals surface area contributed by atoms with Gasteiger partial charge in [-0.3, -0.25) is 4.90 Å². The summed E-state index contributed by atoms with van der Waals surface area (Å²) in [6.07, 6.45) is 3.47. The molecule has 0 radical (unpaired) electrons. The van der Waals surface area contributed by atoms with E-state index in [2.05, 4.69) is 46.5 Å². The zero-order valence-electron chi connectivity index (χ0n) is 14.9. The van der Waals surface area contributed by atoms with Gasteiger partial charge in [0.2, 0.25) is 0 Å². The highest BCUT2D eigenvalue weighted by atomic mass is 16.2. The number of nitrogens with zero attached hydrogens (tertiary/aromatic N) is 2. The van der Waals surface area contributed by atoms with Crippen LogP contribution in [0.2, 0.25) is 0 Å². The first-order chi connectivity index (χ1) is 11.6. The van der Waals surface area contributed by atoms with E-state index in [0.29, 0.717) is 18.5 Å². The molecule has 24 heavy (non-hydrogen) atoms. The van der Waals surface area contributed by atoms with E-state index in [4.69, 9.17) is 0 Å². The maximum Gasteiger partial charge on any atom is 0.319 e. The second-order valence-electron chi connectivity index (χ2n) is 7.22. The van der Waals surface area contributed by atoms with Crippen LogP contribution in [0.5, 0.6) is 0 Å². The molecule has 1 aliphatic heterocycles. The van der Waals surface area contributed by atoms with Gasteiger partial charge in [0.05, 0.1) is 0 Å². The summed E-state index contributed by atoms with van der Waals surface area (Å²) in [5, 5.41) is 6.03. The van der Waals surface area contributed by atoms with Crippen LogP contribution in [0.15, 0.2) is 24.3 Å². The molecule has 2 fully saturated rings. The molecule has 1 saturated carbocycles. The fourth-order valence-electron chi connectivity index (χ4n) is 3.37. The molecule has 0 spiro atoms. The highest BCUT2D eigenvalue weighted by molar-refractivity contribution is 5.90. The van der Waals surface area contributed by atoms with Crippen LogP contribution in [-0.2, 0) is 0 Å². The molecule has 0 bridgehead atoms. The number of piperazine rings is 1. The van der Waals surface area contributed by atoms with Crippen molar-refractivity contribution in [3.05, 3.63) is 29.8 Å². The molecular weight excluding hydrogens is 300 g/mol. The second kappa shape index (κ2) is 7.99. The van der Waals surface area contributed by atoms with Crippen LogP contribution in [-0.4, -0.2) is 61.6 Å². The first-order valence-corrected chi connectivity index (χ1v) is 9.20. The molecule has 1 aromatic carbocycles. The second-order valence-corrected chi connectivity index (χ2v) is 7.22. The number of carbonyl (C=O) groups is 1. The van der Waals surface area contributed by atoms with E-state index in [-0.39, 0.29) is 6.03 Å². The Bertz CT molecular complexity index is 550. The van der Waals surface area contributed by atoms with Crippen LogP contribution >= 0.6 is 0 Å². The first-order valence-electron chi connectivity index (χ1n) is 9.20. The SMILES string of the molecule is C[C@H](CCNC(=O)Nc1ccccc1C1CC1)N1CCN(C)CC1. The summed E-state index contributed by atoms with van der Waals surface area (Å²) in [6, 6.07) is 8.58. The Kier molecular flexibility index (Phi) is 5.74. The minimum absolute atomic E-state index is 0.0892. The number of urea groups is 1. The van der Waals surface area contributed by atoms with Crippen molar-refractivity contribution in [1.29, 1.82) is 0 Å². The summed E-state index contributed by atoms with van der Waals surface area (Å²) in [4.78, 5) is 17.0. The van der Waals surface area contributed by atoms with Gasteiger partial charge in [0.1, 0.15) is 0 Å². The smallest absolute Gasteiger partial charge is 0.319 e. The van der Waals surface area contributed by atoms with Crippen LogP contribution in [0.4, 0.5) is 10.5 Å². The van der Waals surface area contributed by atoms with Gasteiger partial charge in [-0.15, -0.1) is 0 Å². The molecule has 1 aliphatic carbocycles. The van der Waals surface area contributed by atoms with Gasteiger partial charge in [0.15, 0.2) is 0 Å². The fourth-order valence-corrected chi connectivity index (χ4v) is 3.37. The molecule has 2 amide bonds. The maximum absolute atomic E-state index is 12.2. The molecular formula is C19H30N4O. The van der Waals surface area contributed by atoms with E-state index in [1.807, 2.05) is 12.1 Å². The van der Waals surface area contributed by atoms with Crippen molar-refractivity contribution in [2.75, 3.05) is 45.1 Å². The minimum atomic E-state index is -0.0892. The lowest BCUT2D eigenvalue weighted by Gasteiger charge is -2.36. The number of anilines is 1. The van der Waals surface area contributed by atoms with E-state index in [1.54, 1.807) is 0 Å². The highest BCUT2D eigenvalue weighted by Gasteiger charge is 2.26. The van der Waals surface area contributed by atoms with Crippen molar-refractivity contribution >= 4 is 11.7 Å². The normalized spacial score (nSPS) is 20.6. The largest absolute Gasteiger partial charge is 0.338 e. The summed E-state index contributed by atoms with van der Waals surface area (Å²) >= 11 is 0. The standard InChI is InChI=1S/C19H30N4O/c1-15(23-13-11-22(2)12-14-23)9-10-20-19(24)21-18-6-4-3-5-17(18)16-7-8-16/h3-6,15-16H,7-14H2,1-2H3,(H2,20,21,24)/t15-/m1/s1. The van der Waals surface area contributed by atoms with E-state index >= 15 is 0 Å². The van der Waals surface area contributed by atoms with Crippen molar-refractivity contribution < 1.29 is 4.79 Å². The summed E-state index contributed by atoms with van der Waals surface area (Å²) in [5.74, 6) is 0.638. The third-order valence-corrected chi connectivity index (χ3v) is 5.24. The quantitative estimate of drug-likeness (QED) is 0.843. The lowest BCUT2D eigenvalue weighted by atomic mass is 10.1. The Morgan fingerprint density at radius 2 is 1.92 bits per heavy atom. The maximum atomic E-state index is 12.2. The van der Waals surface area contributed by atoms with Gasteiger partial charge in [0, 0.05) is 44.5 Å². The fraction of sp³-hybridized carbons (Fsp3) is 0.632. The Hall–Kier alpha value is -1.59. The van der Waals surface area contributed by atoms with Crippen molar-refractivity contribution in [3.8, 4) is 0 Å². The van der Waals surface area contributed by atoms with Crippen LogP contribution in [0, 0.1) is 0 Å². The number of nitrogens with one attached hydrogen (secondary N) is 2. The predicted molar refractivity (Wildman–Crippen MR) is 98.6 cm³/mol. The van der Waals surface area contributed by atoms with Gasteiger partial charge in [-0.05, 0) is 50.8 Å². The highest BCUT2D eigenvalue weighted by Crippen LogP contribution is 2.43. The number of rotatable bonds is 6. The van der Waals surface area contributed by atoms with Crippen molar-refractivity contribution in [1.82, 2.24) is 15.1 Å². The van der Waals surface area contributed by atoms with Crippen LogP contribution in [0.1, 0.15) is 37.7 Å². The van der Waals surface area contributed by atoms with Gasteiger partial charge in [-0.1, -0.05) is 18.2 Å². The van der Waals surface area contributed by atoms with Gasteiger partial charge < -0.3 is 15.5 Å². The molecule has 2 aliphatic rings. The molecule has 1 aromatic rings. The monoisotopic (exact) mass is 330 g/mol. The third-order valence-electron chi connectivity index (χ3n) is 5.24. The van der Waals surface area contributed by atoms with Gasteiger partial charge in [0.25, 0.3) is 0 Å². The summed E-state index contributed by atoms with van der Waals surface area (Å²) in [6.45, 7) is 7.49. The lowest BCUT2D eigenvalue weighted by Crippen LogP contribution is -2.48. The molecule has 1 saturated heterocycles. The molecule has 132 valence electrons. The average Bonchev–Trinajstić information content (AvgIpc) is 3.41. The third kappa shape index (κ3) is 4.71. The molecule has 0 unspecified atom stereocenters. The Morgan fingerprint density at radius 3 is 2.62 bits per heavy atom. The van der Waals surface area contributed by atoms with E-state index in [9.17, 15) is 4.79 Å². The van der Waals surface area contributed by atoms with Crippen LogP contribution in [0.3, 0.4) is 0 Å².